The van der Waals surface area contributed by atoms with Gasteiger partial charge in [-0.25, -0.2) is 8.42 Å². The number of rotatable bonds is 5. The van der Waals surface area contributed by atoms with E-state index in [0.717, 1.165) is 4.31 Å². The third-order valence-electron chi connectivity index (χ3n) is 2.89. The number of nitrogens with zero attached hydrogens (tertiary/aromatic N) is 1. The number of carbonyl (C=O) groups excluding carboxylic acids is 1. The maximum atomic E-state index is 12.0. The maximum Gasteiger partial charge on any atom is 0.389 e. The molecule has 1 rings (SSSR count). The Balaban J connectivity index is 2.67. The maximum absolute atomic E-state index is 12.0. The third-order valence-corrected chi connectivity index (χ3v) is 4.84. The molecule has 1 N–H and O–H groups in total. The molecule has 1 aliphatic rings. The van der Waals surface area contributed by atoms with Gasteiger partial charge >= 0.3 is 6.18 Å². The lowest BCUT2D eigenvalue weighted by molar-refractivity contribution is -0.134. The van der Waals surface area contributed by atoms with Gasteiger partial charge in [-0.3, -0.25) is 4.79 Å². The highest BCUT2D eigenvalue weighted by atomic mass is 32.2. The number of halogens is 3. The fourth-order valence-electron chi connectivity index (χ4n) is 1.99. The zero-order valence-electron chi connectivity index (χ0n) is 10.5. The molecule has 0 bridgehead atoms. The number of sulfonamides is 1. The van der Waals surface area contributed by atoms with Gasteiger partial charge in [0.15, 0.2) is 0 Å². The normalized spacial score (nSPS) is 22.3. The van der Waals surface area contributed by atoms with E-state index < -0.39 is 46.7 Å². The van der Waals surface area contributed by atoms with E-state index in [9.17, 15) is 26.4 Å². The monoisotopic (exact) mass is 302 g/mol. The molecular weight excluding hydrogens is 285 g/mol. The van der Waals surface area contributed by atoms with Gasteiger partial charge in [-0.05, 0) is 12.8 Å². The first kappa shape index (κ1) is 16.2. The van der Waals surface area contributed by atoms with E-state index in [-0.39, 0.29) is 13.1 Å². The molecule has 0 aromatic heterocycles. The van der Waals surface area contributed by atoms with E-state index in [4.69, 9.17) is 0 Å². The number of piperazine rings is 1. The van der Waals surface area contributed by atoms with Crippen LogP contribution in [0.2, 0.25) is 0 Å². The number of hydrogen-bond donors (Lipinski definition) is 1. The topological polar surface area (TPSA) is 66.5 Å². The van der Waals surface area contributed by atoms with Crippen molar-refractivity contribution < 1.29 is 26.4 Å². The lowest BCUT2D eigenvalue weighted by Crippen LogP contribution is -2.57. The standard InChI is InChI=1S/C10H17F3N2O3S/c1-2-8-9(16)14-5-6-15(8)19(17,18)7-3-4-10(11,12)13/h8H,2-7H2,1H3,(H,14,16). The molecule has 0 aromatic carbocycles. The van der Waals surface area contributed by atoms with E-state index in [1.807, 2.05) is 0 Å². The molecule has 1 saturated heterocycles. The van der Waals surface area contributed by atoms with Crippen molar-refractivity contribution in [2.24, 2.45) is 0 Å². The number of carbonyl (C=O) groups is 1. The minimum atomic E-state index is -4.36. The molecule has 5 nitrogen and oxygen atoms in total. The van der Waals surface area contributed by atoms with Gasteiger partial charge in [0.25, 0.3) is 0 Å². The van der Waals surface area contributed by atoms with Crippen LogP contribution in [-0.2, 0) is 14.8 Å². The highest BCUT2D eigenvalue weighted by Gasteiger charge is 2.36. The van der Waals surface area contributed by atoms with Crippen LogP contribution in [0.3, 0.4) is 0 Å². The average Bonchev–Trinajstić information content (AvgIpc) is 2.26. The lowest BCUT2D eigenvalue weighted by atomic mass is 10.2. The summed E-state index contributed by atoms with van der Waals surface area (Å²) >= 11 is 0. The van der Waals surface area contributed by atoms with E-state index in [0.29, 0.717) is 6.42 Å². The smallest absolute Gasteiger partial charge is 0.353 e. The quantitative estimate of drug-likeness (QED) is 0.819. The molecule has 9 heteroatoms. The molecule has 1 atom stereocenters. The van der Waals surface area contributed by atoms with E-state index in [2.05, 4.69) is 5.32 Å². The second kappa shape index (κ2) is 6.08. The van der Waals surface area contributed by atoms with Crippen molar-refractivity contribution in [1.29, 1.82) is 0 Å². The van der Waals surface area contributed by atoms with Gasteiger partial charge in [0.2, 0.25) is 15.9 Å². The van der Waals surface area contributed by atoms with Crippen LogP contribution in [-0.4, -0.2) is 49.7 Å². The predicted molar refractivity (Wildman–Crippen MR) is 62.9 cm³/mol. The summed E-state index contributed by atoms with van der Waals surface area (Å²) in [7, 11) is -3.83. The first-order valence-electron chi connectivity index (χ1n) is 6.01. The summed E-state index contributed by atoms with van der Waals surface area (Å²) in [5, 5.41) is 2.54. The number of nitrogens with one attached hydrogen (secondary N) is 1. The predicted octanol–water partition coefficient (Wildman–Crippen LogP) is 0.869. The summed E-state index contributed by atoms with van der Waals surface area (Å²) in [6, 6.07) is -0.815. The molecule has 0 radical (unpaired) electrons. The fraction of sp³-hybridized carbons (Fsp3) is 0.900. The van der Waals surface area contributed by atoms with Crippen LogP contribution in [0.15, 0.2) is 0 Å². The van der Waals surface area contributed by atoms with Crippen LogP contribution in [0, 0.1) is 0 Å². The Morgan fingerprint density at radius 2 is 2.05 bits per heavy atom. The second-order valence-electron chi connectivity index (χ2n) is 4.36. The lowest BCUT2D eigenvalue weighted by Gasteiger charge is -2.33. The van der Waals surface area contributed by atoms with Gasteiger partial charge in [-0.15, -0.1) is 0 Å². The van der Waals surface area contributed by atoms with Crippen molar-refractivity contribution in [2.75, 3.05) is 18.8 Å². The van der Waals surface area contributed by atoms with E-state index in [1.54, 1.807) is 6.92 Å². The largest absolute Gasteiger partial charge is 0.389 e. The number of alkyl halides is 3. The average molecular weight is 302 g/mol. The van der Waals surface area contributed by atoms with Gasteiger partial charge in [-0.1, -0.05) is 6.92 Å². The Labute approximate surface area is 110 Å². The Hall–Kier alpha value is -0.830. The Morgan fingerprint density at radius 1 is 1.42 bits per heavy atom. The van der Waals surface area contributed by atoms with Gasteiger partial charge in [0.1, 0.15) is 6.04 Å². The van der Waals surface area contributed by atoms with Gasteiger partial charge in [-0.2, -0.15) is 17.5 Å². The molecule has 1 heterocycles. The number of hydrogen-bond acceptors (Lipinski definition) is 3. The highest BCUT2D eigenvalue weighted by Crippen LogP contribution is 2.23. The van der Waals surface area contributed by atoms with E-state index in [1.165, 1.54) is 0 Å². The summed E-state index contributed by atoms with van der Waals surface area (Å²) in [6.07, 6.45) is -5.69. The van der Waals surface area contributed by atoms with Crippen LogP contribution in [0.25, 0.3) is 0 Å². The molecule has 1 unspecified atom stereocenters. The summed E-state index contributed by atoms with van der Waals surface area (Å²) in [4.78, 5) is 11.5. The zero-order valence-corrected chi connectivity index (χ0v) is 11.4. The second-order valence-corrected chi connectivity index (χ2v) is 6.40. The minimum absolute atomic E-state index is 0.110. The van der Waals surface area contributed by atoms with Crippen LogP contribution in [0.4, 0.5) is 13.2 Å². The Kier molecular flexibility index (Phi) is 5.19. The van der Waals surface area contributed by atoms with Crippen LogP contribution < -0.4 is 5.32 Å². The SMILES string of the molecule is CCC1C(=O)NCCN1S(=O)(=O)CCCC(F)(F)F. The third kappa shape index (κ3) is 4.64. The Bertz CT molecular complexity index is 422. The molecule has 0 spiro atoms. The summed E-state index contributed by atoms with van der Waals surface area (Å²) in [6.45, 7) is 1.96. The molecule has 1 aliphatic heterocycles. The molecule has 19 heavy (non-hydrogen) atoms. The van der Waals surface area contributed by atoms with Crippen LogP contribution >= 0.6 is 0 Å². The van der Waals surface area contributed by atoms with Gasteiger partial charge in [0, 0.05) is 19.5 Å². The van der Waals surface area contributed by atoms with Crippen molar-refractivity contribution in [3.05, 3.63) is 0 Å². The molecular formula is C10H17F3N2O3S. The molecule has 112 valence electrons. The summed E-state index contributed by atoms with van der Waals surface area (Å²) < 4.78 is 61.0. The first-order valence-corrected chi connectivity index (χ1v) is 7.62. The van der Waals surface area contributed by atoms with Crippen molar-refractivity contribution in [2.45, 2.75) is 38.4 Å². The molecule has 1 fully saturated rings. The fourth-order valence-corrected chi connectivity index (χ4v) is 3.73. The minimum Gasteiger partial charge on any atom is -0.353 e. The summed E-state index contributed by atoms with van der Waals surface area (Å²) in [5.41, 5.74) is 0. The number of amides is 1. The van der Waals surface area contributed by atoms with E-state index >= 15 is 0 Å². The van der Waals surface area contributed by atoms with Crippen molar-refractivity contribution >= 4 is 15.9 Å². The van der Waals surface area contributed by atoms with Gasteiger partial charge in [0.05, 0.1) is 5.75 Å². The molecule has 0 saturated carbocycles. The first-order chi connectivity index (χ1) is 8.67. The Morgan fingerprint density at radius 3 is 2.58 bits per heavy atom. The van der Waals surface area contributed by atoms with Crippen LogP contribution in [0.1, 0.15) is 26.2 Å². The zero-order chi connectivity index (χ0) is 14.7. The van der Waals surface area contributed by atoms with Gasteiger partial charge < -0.3 is 5.32 Å². The highest BCUT2D eigenvalue weighted by molar-refractivity contribution is 7.89. The van der Waals surface area contributed by atoms with Crippen LogP contribution in [0.5, 0.6) is 0 Å². The summed E-state index contributed by atoms with van der Waals surface area (Å²) in [5.74, 6) is -0.982. The van der Waals surface area contributed by atoms with Crippen molar-refractivity contribution in [1.82, 2.24) is 9.62 Å². The molecule has 1 amide bonds. The van der Waals surface area contributed by atoms with Crippen molar-refractivity contribution in [3.8, 4) is 0 Å². The molecule has 0 aromatic rings. The van der Waals surface area contributed by atoms with Crippen molar-refractivity contribution in [3.63, 3.8) is 0 Å². The molecule has 0 aliphatic carbocycles.